The molecule has 0 bridgehead atoms. The summed E-state index contributed by atoms with van der Waals surface area (Å²) in [6, 6.07) is 0.498. The molecule has 4 nitrogen and oxygen atoms in total. The Bertz CT molecular complexity index is 296. The summed E-state index contributed by atoms with van der Waals surface area (Å²) >= 11 is 0. The van der Waals surface area contributed by atoms with E-state index in [0.29, 0.717) is 13.2 Å². The van der Waals surface area contributed by atoms with Crippen LogP contribution in [0.4, 0.5) is 0 Å². The molecule has 0 aromatic rings. The first-order chi connectivity index (χ1) is 7.00. The van der Waals surface area contributed by atoms with Gasteiger partial charge in [-0.1, -0.05) is 0 Å². The number of nitrogens with zero attached hydrogens (tertiary/aromatic N) is 2. The molecule has 2 rings (SSSR count). The summed E-state index contributed by atoms with van der Waals surface area (Å²) in [6.07, 6.45) is 0. The third kappa shape index (κ3) is 3.29. The number of hydrogen-bond acceptors (Lipinski definition) is 4. The molecule has 0 aromatic heterocycles. The van der Waals surface area contributed by atoms with Gasteiger partial charge in [-0.3, -0.25) is 0 Å². The zero-order valence-corrected chi connectivity index (χ0v) is 12.7. The first-order valence-corrected chi connectivity index (χ1v) is 5.42. The minimum absolute atomic E-state index is 0. The summed E-state index contributed by atoms with van der Waals surface area (Å²) in [7, 11) is 0. The molecule has 5 heteroatoms. The van der Waals surface area contributed by atoms with E-state index in [4.69, 9.17) is 9.47 Å². The summed E-state index contributed by atoms with van der Waals surface area (Å²) in [5, 5.41) is 0. The maximum absolute atomic E-state index is 5.57. The normalized spacial score (nSPS) is 27.1. The Morgan fingerprint density at radius 3 is 1.59 bits per heavy atom. The second-order valence-electron chi connectivity index (χ2n) is 4.81. The Labute approximate surface area is 118 Å². The molecule has 0 N–H and O–H groups in total. The molecular formula is C12H21N2O2Pd+. The zero-order chi connectivity index (χ0) is 11.1. The Morgan fingerprint density at radius 1 is 1.00 bits per heavy atom. The van der Waals surface area contributed by atoms with Crippen LogP contribution in [-0.4, -0.2) is 37.1 Å². The van der Waals surface area contributed by atoms with Gasteiger partial charge in [0.1, 0.15) is 18.6 Å². The summed E-state index contributed by atoms with van der Waals surface area (Å²) in [4.78, 5) is 8.93. The number of aliphatic imine (C=N–C) groups is 2. The third-order valence-corrected chi connectivity index (χ3v) is 2.67. The zero-order valence-electron chi connectivity index (χ0n) is 11.1. The van der Waals surface area contributed by atoms with Crippen molar-refractivity contribution in [1.82, 2.24) is 0 Å². The van der Waals surface area contributed by atoms with E-state index in [1.807, 2.05) is 27.7 Å². The number of rotatable bonds is 2. The first kappa shape index (κ1) is 16.6. The summed E-state index contributed by atoms with van der Waals surface area (Å²) in [6.45, 7) is 9.51. The van der Waals surface area contributed by atoms with E-state index < -0.39 is 0 Å². The van der Waals surface area contributed by atoms with Crippen molar-refractivity contribution < 1.29 is 29.9 Å². The smallest absolute Gasteiger partial charge is 0.478 e. The van der Waals surface area contributed by atoms with Crippen molar-refractivity contribution >= 4 is 11.8 Å². The first-order valence-electron chi connectivity index (χ1n) is 5.42. The van der Waals surface area contributed by atoms with Crippen LogP contribution >= 0.6 is 0 Å². The van der Waals surface area contributed by atoms with E-state index in [2.05, 4.69) is 9.98 Å². The molecule has 2 atom stereocenters. The molecule has 0 amide bonds. The fourth-order valence-electron chi connectivity index (χ4n) is 1.72. The van der Waals surface area contributed by atoms with Crippen LogP contribution in [-0.2, 0) is 29.9 Å². The fourth-order valence-corrected chi connectivity index (χ4v) is 1.72. The average molecular weight is 332 g/mol. The predicted octanol–water partition coefficient (Wildman–Crippen LogP) is 2.09. The van der Waals surface area contributed by atoms with Gasteiger partial charge in [0.2, 0.25) is 0 Å². The Morgan fingerprint density at radius 2 is 1.35 bits per heavy atom. The Kier molecular flexibility index (Phi) is 5.83. The Hall–Kier alpha value is -0.398. The molecule has 0 spiro atoms. The molecule has 0 fully saturated rings. The minimum atomic E-state index is -0.324. The molecule has 2 aliphatic heterocycles. The van der Waals surface area contributed by atoms with Crippen LogP contribution in [0.5, 0.6) is 0 Å². The number of ether oxygens (including phenoxy) is 2. The summed E-state index contributed by atoms with van der Waals surface area (Å²) < 4.78 is 11.1. The molecule has 17 heavy (non-hydrogen) atoms. The van der Waals surface area contributed by atoms with Crippen molar-refractivity contribution in [2.24, 2.45) is 15.4 Å². The molecule has 0 saturated heterocycles. The molecule has 2 unspecified atom stereocenters. The maximum Gasteiger partial charge on any atom is 2.00 e. The van der Waals surface area contributed by atoms with Crippen molar-refractivity contribution in [3.8, 4) is 0 Å². The van der Waals surface area contributed by atoms with Crippen molar-refractivity contribution in [2.45, 2.75) is 39.8 Å². The Balaban J connectivity index is 0.00000128. The van der Waals surface area contributed by atoms with Crippen LogP contribution in [0, 0.1) is 12.8 Å². The largest absolute Gasteiger partial charge is 2.00 e. The van der Waals surface area contributed by atoms with Gasteiger partial charge in [0.15, 0.2) is 11.8 Å². The van der Waals surface area contributed by atoms with E-state index in [-0.39, 0.29) is 45.3 Å². The molecule has 100 valence electrons. The van der Waals surface area contributed by atoms with E-state index in [1.165, 1.54) is 0 Å². The van der Waals surface area contributed by atoms with Crippen molar-refractivity contribution in [3.05, 3.63) is 7.43 Å². The second-order valence-corrected chi connectivity index (χ2v) is 4.81. The summed E-state index contributed by atoms with van der Waals surface area (Å²) in [5.74, 6) is 1.51. The van der Waals surface area contributed by atoms with Crippen LogP contribution < -0.4 is 0 Å². The van der Waals surface area contributed by atoms with Crippen molar-refractivity contribution in [2.75, 3.05) is 13.2 Å². The van der Waals surface area contributed by atoms with Gasteiger partial charge in [0.05, 0.1) is 12.1 Å². The predicted molar refractivity (Wildman–Crippen MR) is 65.9 cm³/mol. The average Bonchev–Trinajstić information content (AvgIpc) is 2.74. The fraction of sp³-hybridized carbons (Fsp3) is 0.750. The quantitative estimate of drug-likeness (QED) is 0.574. The van der Waals surface area contributed by atoms with Gasteiger partial charge in [-0.25, -0.2) is 9.98 Å². The number of hydrogen-bond donors (Lipinski definition) is 0. The second kappa shape index (κ2) is 5.97. The van der Waals surface area contributed by atoms with Crippen LogP contribution in [0.15, 0.2) is 9.98 Å². The van der Waals surface area contributed by atoms with Crippen LogP contribution in [0.2, 0.25) is 0 Å². The topological polar surface area (TPSA) is 43.2 Å². The van der Waals surface area contributed by atoms with Gasteiger partial charge in [-0.15, -0.1) is 0 Å². The molecular weight excluding hydrogens is 311 g/mol. The van der Waals surface area contributed by atoms with Gasteiger partial charge >= 0.3 is 20.4 Å². The molecule has 0 aliphatic carbocycles. The van der Waals surface area contributed by atoms with Crippen LogP contribution in [0.1, 0.15) is 27.7 Å². The van der Waals surface area contributed by atoms with E-state index in [9.17, 15) is 0 Å². The molecule has 2 heterocycles. The molecule has 0 aromatic carbocycles. The van der Waals surface area contributed by atoms with E-state index >= 15 is 0 Å². The monoisotopic (exact) mass is 331 g/mol. The minimum Gasteiger partial charge on any atom is -0.478 e. The van der Waals surface area contributed by atoms with Gasteiger partial charge in [0, 0.05) is 0 Å². The van der Waals surface area contributed by atoms with Crippen molar-refractivity contribution in [3.63, 3.8) is 0 Å². The van der Waals surface area contributed by atoms with Gasteiger partial charge in [0.25, 0.3) is 0 Å². The molecule has 0 saturated carbocycles. The maximum atomic E-state index is 5.57. The van der Waals surface area contributed by atoms with Gasteiger partial charge < -0.3 is 16.9 Å². The van der Waals surface area contributed by atoms with Gasteiger partial charge in [-0.2, -0.15) is 0 Å². The molecule has 0 radical (unpaired) electrons. The van der Waals surface area contributed by atoms with E-state index in [0.717, 1.165) is 11.8 Å². The molecule has 2 aliphatic rings. The van der Waals surface area contributed by atoms with Crippen LogP contribution in [0.3, 0.4) is 0 Å². The van der Waals surface area contributed by atoms with Crippen molar-refractivity contribution in [1.29, 1.82) is 0 Å². The van der Waals surface area contributed by atoms with E-state index in [1.54, 1.807) is 0 Å². The summed E-state index contributed by atoms with van der Waals surface area (Å²) in [5.41, 5.74) is -0.324. The van der Waals surface area contributed by atoms with Gasteiger partial charge in [-0.05, 0) is 27.7 Å². The van der Waals surface area contributed by atoms with Crippen LogP contribution in [0.25, 0.3) is 0 Å². The standard InChI is InChI=1S/C11H18N2O2.CH3.Pd/c1-7-5-14-9(12-7)11(3,4)10-13-8(2)6-15-10;;/h7-8H,5-6H2,1-4H3;1H3;/q;-1;+2. The third-order valence-electron chi connectivity index (χ3n) is 2.67. The SMILES string of the molecule is CC1COC(C(C)(C)C2=NC(C)CO2)=N1.[CH3-].[Pd+2].